The molecule has 0 N–H and O–H groups in total. The van der Waals surface area contributed by atoms with E-state index in [0.717, 1.165) is 32.5 Å². The number of fused-ring (bicyclic) bond motifs is 13. The zero-order chi connectivity index (χ0) is 28.9. The van der Waals surface area contributed by atoms with Gasteiger partial charge in [-0.05, 0) is 52.7 Å². The highest BCUT2D eigenvalue weighted by atomic mass is 35.5. The maximum Gasteiger partial charge on any atom is 0.224 e. The third-order valence-electron chi connectivity index (χ3n) is 8.76. The van der Waals surface area contributed by atoms with Crippen molar-refractivity contribution in [3.8, 4) is 16.9 Å². The first kappa shape index (κ1) is 24.6. The predicted octanol–water partition coefficient (Wildman–Crippen LogP) is 11.8. The highest BCUT2D eigenvalue weighted by Crippen LogP contribution is 2.48. The number of hydrogen-bond acceptors (Lipinski definition) is 4. The lowest BCUT2D eigenvalue weighted by Gasteiger charge is -2.11. The number of aromatic nitrogens is 3. The van der Waals surface area contributed by atoms with Crippen LogP contribution in [0.3, 0.4) is 0 Å². The summed E-state index contributed by atoms with van der Waals surface area (Å²) in [6.07, 6.45) is 0. The molecule has 44 heavy (non-hydrogen) atoms. The van der Waals surface area contributed by atoms with Crippen LogP contribution in [0.25, 0.3) is 90.0 Å². The molecule has 0 aliphatic heterocycles. The van der Waals surface area contributed by atoms with Crippen LogP contribution in [0.4, 0.5) is 0 Å². The van der Waals surface area contributed by atoms with Crippen LogP contribution in [-0.4, -0.2) is 14.5 Å². The van der Waals surface area contributed by atoms with Crippen LogP contribution in [0.5, 0.6) is 0 Å². The standard InChI is InChI=1S/C38H20ClN3S2/c39-38-40-34(33-27-13-5-8-16-30(27)44-37(33)41-38)21-17-19-22(20-18-21)42-28-14-6-3-11-25(28)31-23-9-1-2-10-24(23)32-26-12-4-7-15-29(26)43-36(32)35(31)42/h1-20H. The molecule has 206 valence electrons. The molecule has 0 spiro atoms. The molecule has 0 bridgehead atoms. The van der Waals surface area contributed by atoms with Crippen LogP contribution < -0.4 is 0 Å². The molecule has 0 aliphatic carbocycles. The minimum Gasteiger partial charge on any atom is -0.308 e. The third-order valence-corrected chi connectivity index (χ3v) is 11.2. The Morgan fingerprint density at radius 1 is 0.523 bits per heavy atom. The largest absolute Gasteiger partial charge is 0.308 e. The molecule has 0 aliphatic rings. The topological polar surface area (TPSA) is 30.7 Å². The van der Waals surface area contributed by atoms with Gasteiger partial charge in [0.2, 0.25) is 5.28 Å². The van der Waals surface area contributed by atoms with Crippen molar-refractivity contribution >= 4 is 107 Å². The van der Waals surface area contributed by atoms with Crippen molar-refractivity contribution in [3.05, 3.63) is 127 Å². The van der Waals surface area contributed by atoms with Gasteiger partial charge in [-0.3, -0.25) is 0 Å². The van der Waals surface area contributed by atoms with E-state index in [0.29, 0.717) is 0 Å². The normalized spacial score (nSPS) is 12.2. The van der Waals surface area contributed by atoms with Gasteiger partial charge in [-0.25, -0.2) is 9.97 Å². The monoisotopic (exact) mass is 617 g/mol. The molecule has 10 aromatic rings. The Labute approximate surface area is 264 Å². The Morgan fingerprint density at radius 3 is 1.86 bits per heavy atom. The molecule has 0 saturated carbocycles. The lowest BCUT2D eigenvalue weighted by molar-refractivity contribution is 1.18. The van der Waals surface area contributed by atoms with Crippen molar-refractivity contribution in [2.45, 2.75) is 0 Å². The Morgan fingerprint density at radius 2 is 1.11 bits per heavy atom. The van der Waals surface area contributed by atoms with Gasteiger partial charge < -0.3 is 4.57 Å². The van der Waals surface area contributed by atoms with E-state index in [1.165, 1.54) is 57.5 Å². The molecule has 0 radical (unpaired) electrons. The van der Waals surface area contributed by atoms with Crippen LogP contribution in [0.15, 0.2) is 121 Å². The van der Waals surface area contributed by atoms with Crippen molar-refractivity contribution in [1.82, 2.24) is 14.5 Å². The summed E-state index contributed by atoms with van der Waals surface area (Å²) < 4.78 is 6.25. The smallest absolute Gasteiger partial charge is 0.224 e. The average Bonchev–Trinajstić information content (AvgIpc) is 3.74. The Hall–Kier alpha value is -4.81. The van der Waals surface area contributed by atoms with E-state index >= 15 is 0 Å². The fourth-order valence-electron chi connectivity index (χ4n) is 6.97. The van der Waals surface area contributed by atoms with Gasteiger partial charge in [0.1, 0.15) is 4.83 Å². The summed E-state index contributed by atoms with van der Waals surface area (Å²) in [6.45, 7) is 0. The number of benzene rings is 6. The molecule has 0 amide bonds. The van der Waals surface area contributed by atoms with E-state index in [4.69, 9.17) is 16.6 Å². The van der Waals surface area contributed by atoms with Crippen LogP contribution in [0.1, 0.15) is 0 Å². The molecule has 10 rings (SSSR count). The maximum atomic E-state index is 6.46. The Bertz CT molecular complexity index is 2790. The number of para-hydroxylation sites is 1. The van der Waals surface area contributed by atoms with E-state index in [1.54, 1.807) is 11.3 Å². The first-order chi connectivity index (χ1) is 21.7. The van der Waals surface area contributed by atoms with Gasteiger partial charge in [0.05, 0.1) is 21.4 Å². The summed E-state index contributed by atoms with van der Waals surface area (Å²) in [4.78, 5) is 10.2. The fourth-order valence-corrected chi connectivity index (χ4v) is 9.52. The predicted molar refractivity (Wildman–Crippen MR) is 190 cm³/mol. The number of thiophene rings is 2. The van der Waals surface area contributed by atoms with Crippen molar-refractivity contribution < 1.29 is 0 Å². The van der Waals surface area contributed by atoms with Gasteiger partial charge in [0.25, 0.3) is 0 Å². The summed E-state index contributed by atoms with van der Waals surface area (Å²) in [7, 11) is 0. The highest BCUT2D eigenvalue weighted by Gasteiger charge is 2.22. The van der Waals surface area contributed by atoms with E-state index in [1.807, 2.05) is 11.3 Å². The molecule has 0 saturated heterocycles. The van der Waals surface area contributed by atoms with Gasteiger partial charge in [-0.2, -0.15) is 0 Å². The summed E-state index contributed by atoms with van der Waals surface area (Å²) in [5, 5.41) is 10.3. The number of nitrogens with zero attached hydrogens (tertiary/aromatic N) is 3. The summed E-state index contributed by atoms with van der Waals surface area (Å²) in [5.41, 5.74) is 5.45. The molecular weight excluding hydrogens is 598 g/mol. The molecule has 0 unspecified atom stereocenters. The SMILES string of the molecule is Clc1nc(-c2ccc(-n3c4ccccc4c4c5ccccc5c5c6ccccc6sc5c43)cc2)c2c(n1)sc1ccccc12. The molecule has 0 fully saturated rings. The average molecular weight is 618 g/mol. The summed E-state index contributed by atoms with van der Waals surface area (Å²) in [5.74, 6) is 0. The second-order valence-electron chi connectivity index (χ2n) is 11.1. The van der Waals surface area contributed by atoms with Crippen molar-refractivity contribution in [1.29, 1.82) is 0 Å². The Kier molecular flexibility index (Phi) is 5.09. The number of rotatable bonds is 2. The molecule has 3 nitrogen and oxygen atoms in total. The number of hydrogen-bond donors (Lipinski definition) is 0. The van der Waals surface area contributed by atoms with E-state index < -0.39 is 0 Å². The lowest BCUT2D eigenvalue weighted by Crippen LogP contribution is -1.95. The molecular formula is C38H20ClN3S2. The van der Waals surface area contributed by atoms with Crippen molar-refractivity contribution in [2.24, 2.45) is 0 Å². The second kappa shape index (κ2) is 9.10. The number of halogens is 1. The first-order valence-corrected chi connectivity index (χ1v) is 16.5. The highest BCUT2D eigenvalue weighted by molar-refractivity contribution is 7.27. The molecule has 0 atom stereocenters. The van der Waals surface area contributed by atoms with Gasteiger partial charge in [-0.15, -0.1) is 22.7 Å². The van der Waals surface area contributed by atoms with Gasteiger partial charge in [0.15, 0.2) is 0 Å². The van der Waals surface area contributed by atoms with E-state index in [9.17, 15) is 0 Å². The molecule has 4 aromatic heterocycles. The first-order valence-electron chi connectivity index (χ1n) is 14.5. The molecule has 6 aromatic carbocycles. The second-order valence-corrected chi connectivity index (χ2v) is 13.5. The van der Waals surface area contributed by atoms with Crippen molar-refractivity contribution in [2.75, 3.05) is 0 Å². The van der Waals surface area contributed by atoms with Crippen LogP contribution in [0.2, 0.25) is 5.28 Å². The van der Waals surface area contributed by atoms with Gasteiger partial charge in [-0.1, -0.05) is 91.0 Å². The third kappa shape index (κ3) is 3.32. The minimum atomic E-state index is 0.268. The van der Waals surface area contributed by atoms with Crippen LogP contribution in [0, 0.1) is 0 Å². The molecule has 6 heteroatoms. The lowest BCUT2D eigenvalue weighted by atomic mass is 9.99. The quantitative estimate of drug-likeness (QED) is 0.181. The Balaban J connectivity index is 1.29. The minimum absolute atomic E-state index is 0.268. The summed E-state index contributed by atoms with van der Waals surface area (Å²) in [6, 6.07) is 43.6. The van der Waals surface area contributed by atoms with Gasteiger partial charge >= 0.3 is 0 Å². The maximum absolute atomic E-state index is 6.46. The van der Waals surface area contributed by atoms with Gasteiger partial charge in [0, 0.05) is 53.0 Å². The molecule has 4 heterocycles. The van der Waals surface area contributed by atoms with Crippen molar-refractivity contribution in [3.63, 3.8) is 0 Å². The zero-order valence-corrected chi connectivity index (χ0v) is 25.5. The summed E-state index contributed by atoms with van der Waals surface area (Å²) >= 11 is 10.0. The zero-order valence-electron chi connectivity index (χ0n) is 23.1. The van der Waals surface area contributed by atoms with Crippen LogP contribution in [-0.2, 0) is 0 Å². The van der Waals surface area contributed by atoms with E-state index in [-0.39, 0.29) is 5.28 Å². The van der Waals surface area contributed by atoms with E-state index in [2.05, 4.69) is 131 Å². The van der Waals surface area contributed by atoms with Crippen LogP contribution >= 0.6 is 34.3 Å². The fraction of sp³-hybridized carbons (Fsp3) is 0.